The summed E-state index contributed by atoms with van der Waals surface area (Å²) in [5.41, 5.74) is 1.14. The van der Waals surface area contributed by atoms with Gasteiger partial charge < -0.3 is 10.1 Å². The highest BCUT2D eigenvalue weighted by molar-refractivity contribution is 9.10. The highest BCUT2D eigenvalue weighted by Gasteiger charge is 2.08. The van der Waals surface area contributed by atoms with E-state index in [2.05, 4.69) is 21.2 Å². The SMILES string of the molecule is O=C(/C=C/c1ccccc1)NCC(=O)OCc1ccc(Br)cc1F. The summed E-state index contributed by atoms with van der Waals surface area (Å²) in [6.45, 7) is -0.468. The zero-order valence-electron chi connectivity index (χ0n) is 12.7. The molecule has 0 bridgehead atoms. The molecule has 2 aromatic rings. The summed E-state index contributed by atoms with van der Waals surface area (Å²) in [4.78, 5) is 23.2. The van der Waals surface area contributed by atoms with Crippen molar-refractivity contribution < 1.29 is 18.7 Å². The van der Waals surface area contributed by atoms with Gasteiger partial charge in [-0.15, -0.1) is 0 Å². The number of nitrogens with one attached hydrogen (secondary N) is 1. The third-order valence-corrected chi connectivity index (χ3v) is 3.53. The molecule has 0 aromatic heterocycles. The molecule has 1 amide bonds. The first-order valence-electron chi connectivity index (χ1n) is 7.15. The Morgan fingerprint density at radius 3 is 2.62 bits per heavy atom. The minimum Gasteiger partial charge on any atom is -0.459 e. The van der Waals surface area contributed by atoms with E-state index in [9.17, 15) is 14.0 Å². The van der Waals surface area contributed by atoms with Crippen LogP contribution >= 0.6 is 15.9 Å². The Morgan fingerprint density at radius 1 is 1.17 bits per heavy atom. The fourth-order valence-corrected chi connectivity index (χ4v) is 2.14. The van der Waals surface area contributed by atoms with Crippen molar-refractivity contribution in [1.29, 1.82) is 0 Å². The summed E-state index contributed by atoms with van der Waals surface area (Å²) < 4.78 is 19.1. The van der Waals surface area contributed by atoms with Crippen molar-refractivity contribution in [2.45, 2.75) is 6.61 Å². The minimum absolute atomic E-state index is 0.187. The number of amides is 1. The molecule has 0 heterocycles. The molecule has 2 rings (SSSR count). The first-order valence-corrected chi connectivity index (χ1v) is 7.94. The van der Waals surface area contributed by atoms with Crippen LogP contribution in [0.4, 0.5) is 4.39 Å². The van der Waals surface area contributed by atoms with Crippen molar-refractivity contribution in [3.05, 3.63) is 76.0 Å². The summed E-state index contributed by atoms with van der Waals surface area (Å²) >= 11 is 3.15. The van der Waals surface area contributed by atoms with E-state index in [1.54, 1.807) is 12.1 Å². The third kappa shape index (κ3) is 5.96. The van der Waals surface area contributed by atoms with E-state index < -0.39 is 17.7 Å². The minimum atomic E-state index is -0.640. The van der Waals surface area contributed by atoms with Crippen LogP contribution in [0.1, 0.15) is 11.1 Å². The molecule has 0 spiro atoms. The summed E-state index contributed by atoms with van der Waals surface area (Å²) in [6.07, 6.45) is 2.97. The lowest BCUT2D eigenvalue weighted by atomic mass is 10.2. The average molecular weight is 392 g/mol. The molecule has 0 unspecified atom stereocenters. The Balaban J connectivity index is 1.74. The van der Waals surface area contributed by atoms with Crippen LogP contribution in [-0.4, -0.2) is 18.4 Å². The molecule has 0 aliphatic rings. The van der Waals surface area contributed by atoms with E-state index in [1.807, 2.05) is 30.3 Å². The standard InChI is InChI=1S/C18H15BrFNO3/c19-15-8-7-14(16(20)10-15)12-24-18(23)11-21-17(22)9-6-13-4-2-1-3-5-13/h1-10H,11-12H2,(H,21,22)/b9-6+. The van der Waals surface area contributed by atoms with Gasteiger partial charge in [-0.1, -0.05) is 52.3 Å². The van der Waals surface area contributed by atoms with Gasteiger partial charge in [0.1, 0.15) is 19.0 Å². The highest BCUT2D eigenvalue weighted by Crippen LogP contribution is 2.15. The highest BCUT2D eigenvalue weighted by atomic mass is 79.9. The second kappa shape index (κ2) is 8.98. The van der Waals surface area contributed by atoms with Gasteiger partial charge in [0.15, 0.2) is 0 Å². The van der Waals surface area contributed by atoms with E-state index >= 15 is 0 Å². The zero-order chi connectivity index (χ0) is 17.4. The van der Waals surface area contributed by atoms with E-state index in [0.717, 1.165) is 5.56 Å². The summed E-state index contributed by atoms with van der Waals surface area (Å²) in [5, 5.41) is 2.41. The van der Waals surface area contributed by atoms with Crippen molar-refractivity contribution >= 4 is 33.9 Å². The number of halogens is 2. The molecule has 4 nitrogen and oxygen atoms in total. The van der Waals surface area contributed by atoms with Gasteiger partial charge in [0.05, 0.1) is 0 Å². The van der Waals surface area contributed by atoms with E-state index in [-0.39, 0.29) is 18.7 Å². The van der Waals surface area contributed by atoms with Crippen LogP contribution in [0.5, 0.6) is 0 Å². The second-order valence-corrected chi connectivity index (χ2v) is 5.77. The molecule has 24 heavy (non-hydrogen) atoms. The Labute approximate surface area is 147 Å². The number of hydrogen-bond donors (Lipinski definition) is 1. The van der Waals surface area contributed by atoms with Crippen LogP contribution in [0.15, 0.2) is 59.1 Å². The Morgan fingerprint density at radius 2 is 1.92 bits per heavy atom. The van der Waals surface area contributed by atoms with E-state index in [0.29, 0.717) is 4.47 Å². The molecule has 0 radical (unpaired) electrons. The van der Waals surface area contributed by atoms with Gasteiger partial charge in [-0.3, -0.25) is 9.59 Å². The Kier molecular flexibility index (Phi) is 6.69. The van der Waals surface area contributed by atoms with Crippen LogP contribution in [0, 0.1) is 5.82 Å². The van der Waals surface area contributed by atoms with Crippen molar-refractivity contribution in [3.63, 3.8) is 0 Å². The average Bonchev–Trinajstić information content (AvgIpc) is 2.58. The van der Waals surface area contributed by atoms with Crippen molar-refractivity contribution in [1.82, 2.24) is 5.32 Å². The lowest BCUT2D eigenvalue weighted by Crippen LogP contribution is -2.29. The second-order valence-electron chi connectivity index (χ2n) is 4.86. The fourth-order valence-electron chi connectivity index (χ4n) is 1.80. The molecule has 0 saturated carbocycles. The molecule has 0 saturated heterocycles. The van der Waals surface area contributed by atoms with Gasteiger partial charge in [-0.25, -0.2) is 4.39 Å². The van der Waals surface area contributed by atoms with Gasteiger partial charge in [0.25, 0.3) is 0 Å². The molecular formula is C18H15BrFNO3. The van der Waals surface area contributed by atoms with Crippen LogP contribution in [0.25, 0.3) is 6.08 Å². The number of carbonyl (C=O) groups excluding carboxylic acids is 2. The number of hydrogen-bond acceptors (Lipinski definition) is 3. The lowest BCUT2D eigenvalue weighted by Gasteiger charge is -2.06. The molecule has 0 atom stereocenters. The Hall–Kier alpha value is -2.47. The van der Waals surface area contributed by atoms with E-state index in [1.165, 1.54) is 18.2 Å². The van der Waals surface area contributed by atoms with Crippen LogP contribution in [-0.2, 0) is 20.9 Å². The predicted molar refractivity (Wildman–Crippen MR) is 92.4 cm³/mol. The molecular weight excluding hydrogens is 377 g/mol. The van der Waals surface area contributed by atoms with E-state index in [4.69, 9.17) is 4.74 Å². The summed E-state index contributed by atoms with van der Waals surface area (Å²) in [6, 6.07) is 13.8. The van der Waals surface area contributed by atoms with Crippen LogP contribution in [0.2, 0.25) is 0 Å². The third-order valence-electron chi connectivity index (χ3n) is 3.04. The number of rotatable bonds is 6. The van der Waals surface area contributed by atoms with Gasteiger partial charge in [0.2, 0.25) is 5.91 Å². The first kappa shape index (κ1) is 17.9. The number of esters is 1. The monoisotopic (exact) mass is 391 g/mol. The molecule has 0 aliphatic heterocycles. The summed E-state index contributed by atoms with van der Waals surface area (Å²) in [5.74, 6) is -1.52. The van der Waals surface area contributed by atoms with Crippen LogP contribution < -0.4 is 5.32 Å². The maximum absolute atomic E-state index is 13.6. The van der Waals surface area contributed by atoms with Crippen LogP contribution in [0.3, 0.4) is 0 Å². The van der Waals surface area contributed by atoms with Crippen molar-refractivity contribution in [2.75, 3.05) is 6.54 Å². The van der Waals surface area contributed by atoms with Gasteiger partial charge >= 0.3 is 5.97 Å². The predicted octanol–water partition coefficient (Wildman–Crippen LogP) is 3.46. The maximum atomic E-state index is 13.6. The molecule has 2 aromatic carbocycles. The summed E-state index contributed by atoms with van der Waals surface area (Å²) in [7, 11) is 0. The number of ether oxygens (including phenoxy) is 1. The van der Waals surface area contributed by atoms with Crippen molar-refractivity contribution in [3.8, 4) is 0 Å². The zero-order valence-corrected chi connectivity index (χ0v) is 14.3. The maximum Gasteiger partial charge on any atom is 0.325 e. The van der Waals surface area contributed by atoms with Gasteiger partial charge in [0, 0.05) is 16.1 Å². The Bertz CT molecular complexity index is 747. The lowest BCUT2D eigenvalue weighted by molar-refractivity contribution is -0.144. The fraction of sp³-hybridized carbons (Fsp3) is 0.111. The first-order chi connectivity index (χ1) is 11.5. The van der Waals surface area contributed by atoms with Crippen molar-refractivity contribution in [2.24, 2.45) is 0 Å². The molecule has 1 N–H and O–H groups in total. The quantitative estimate of drug-likeness (QED) is 0.605. The largest absolute Gasteiger partial charge is 0.459 e. The topological polar surface area (TPSA) is 55.4 Å². The molecule has 6 heteroatoms. The molecule has 0 fully saturated rings. The number of benzene rings is 2. The normalized spacial score (nSPS) is 10.6. The molecule has 124 valence electrons. The van der Waals surface area contributed by atoms with Gasteiger partial charge in [-0.2, -0.15) is 0 Å². The smallest absolute Gasteiger partial charge is 0.325 e. The number of carbonyl (C=O) groups is 2. The van der Waals surface area contributed by atoms with Gasteiger partial charge in [-0.05, 0) is 23.8 Å². The molecule has 0 aliphatic carbocycles.